The first-order chi connectivity index (χ1) is 10.6. The zero-order valence-electron chi connectivity index (χ0n) is 11.6. The highest BCUT2D eigenvalue weighted by atomic mass is 79.9. The van der Waals surface area contributed by atoms with E-state index in [2.05, 4.69) is 26.2 Å². The average molecular weight is 356 g/mol. The molecule has 22 heavy (non-hydrogen) atoms. The summed E-state index contributed by atoms with van der Waals surface area (Å²) < 4.78 is 0.923. The summed E-state index contributed by atoms with van der Waals surface area (Å²) in [5.41, 5.74) is 0.180. The lowest BCUT2D eigenvalue weighted by Crippen LogP contribution is -2.21. The average Bonchev–Trinajstić information content (AvgIpc) is 3.31. The molecule has 1 saturated carbocycles. The lowest BCUT2D eigenvalue weighted by Gasteiger charge is -2.13. The maximum atomic E-state index is 11.1. The highest BCUT2D eigenvalue weighted by Crippen LogP contribution is 2.37. The molecule has 0 spiro atoms. The van der Waals surface area contributed by atoms with Gasteiger partial charge in [0, 0.05) is 27.5 Å². The Morgan fingerprint density at radius 3 is 2.77 bits per heavy atom. The molecule has 2 aromatic carbocycles. The van der Waals surface area contributed by atoms with Gasteiger partial charge in [-0.05, 0) is 47.4 Å². The number of nitrogens with one attached hydrogen (secondary N) is 1. The smallest absolute Gasteiger partial charge is 0.134 e. The standard InChI is InChI=1S/C17H13BrN2O2/c18-14-8-10-7-9(17(21)22)1-4-12(10)15-13(14)5-6-19-16(15)20-11-2-3-11/h1,4-8,11H,2-3H2,(H,19,20)(H,21,22)/p-1. The van der Waals surface area contributed by atoms with Crippen LogP contribution in [0.15, 0.2) is 41.0 Å². The van der Waals surface area contributed by atoms with Gasteiger partial charge >= 0.3 is 0 Å². The summed E-state index contributed by atoms with van der Waals surface area (Å²) in [7, 11) is 0. The van der Waals surface area contributed by atoms with Crippen molar-refractivity contribution in [2.75, 3.05) is 5.32 Å². The number of pyridine rings is 1. The molecule has 3 aromatic rings. The van der Waals surface area contributed by atoms with Crippen LogP contribution < -0.4 is 10.4 Å². The fourth-order valence-corrected chi connectivity index (χ4v) is 3.29. The van der Waals surface area contributed by atoms with Crippen LogP contribution in [0, 0.1) is 0 Å². The van der Waals surface area contributed by atoms with Gasteiger partial charge in [-0.1, -0.05) is 28.1 Å². The van der Waals surface area contributed by atoms with E-state index in [-0.39, 0.29) is 5.56 Å². The summed E-state index contributed by atoms with van der Waals surface area (Å²) >= 11 is 3.58. The van der Waals surface area contributed by atoms with Gasteiger partial charge in [-0.3, -0.25) is 0 Å². The molecular formula is C17H12BrN2O2-. The van der Waals surface area contributed by atoms with Crippen molar-refractivity contribution >= 4 is 49.3 Å². The second-order valence-corrected chi connectivity index (χ2v) is 6.44. The number of aromatic nitrogens is 1. The van der Waals surface area contributed by atoms with Gasteiger partial charge in [0.05, 0.1) is 5.97 Å². The summed E-state index contributed by atoms with van der Waals surface area (Å²) in [5, 5.41) is 18.4. The Labute approximate surface area is 135 Å². The number of anilines is 1. The summed E-state index contributed by atoms with van der Waals surface area (Å²) in [4.78, 5) is 15.5. The van der Waals surface area contributed by atoms with Gasteiger partial charge in [-0.25, -0.2) is 4.98 Å². The molecule has 1 aliphatic rings. The first kappa shape index (κ1) is 13.5. The quantitative estimate of drug-likeness (QED) is 0.733. The van der Waals surface area contributed by atoms with Gasteiger partial charge in [0.15, 0.2) is 0 Å². The van der Waals surface area contributed by atoms with Crippen molar-refractivity contribution in [3.8, 4) is 0 Å². The molecule has 0 bridgehead atoms. The third-order valence-corrected chi connectivity index (χ3v) is 4.62. The second kappa shape index (κ2) is 4.95. The molecule has 0 radical (unpaired) electrons. The molecule has 4 rings (SSSR count). The van der Waals surface area contributed by atoms with Crippen molar-refractivity contribution in [2.24, 2.45) is 0 Å². The van der Waals surface area contributed by atoms with Crippen molar-refractivity contribution in [3.63, 3.8) is 0 Å². The van der Waals surface area contributed by atoms with Crippen LogP contribution in [0.4, 0.5) is 5.82 Å². The van der Waals surface area contributed by atoms with Crippen LogP contribution in [0.3, 0.4) is 0 Å². The van der Waals surface area contributed by atoms with E-state index >= 15 is 0 Å². The number of hydrogen-bond acceptors (Lipinski definition) is 4. The lowest BCUT2D eigenvalue weighted by atomic mass is 10.0. The molecule has 1 heterocycles. The number of halogens is 1. The zero-order valence-corrected chi connectivity index (χ0v) is 13.2. The Hall–Kier alpha value is -2.14. The third-order valence-electron chi connectivity index (χ3n) is 3.97. The van der Waals surface area contributed by atoms with E-state index in [1.165, 1.54) is 12.8 Å². The monoisotopic (exact) mass is 355 g/mol. The van der Waals surface area contributed by atoms with Crippen molar-refractivity contribution in [1.29, 1.82) is 0 Å². The molecule has 1 fully saturated rings. The van der Waals surface area contributed by atoms with E-state index < -0.39 is 5.97 Å². The molecular weight excluding hydrogens is 344 g/mol. The minimum Gasteiger partial charge on any atom is -0.545 e. The number of benzene rings is 2. The largest absolute Gasteiger partial charge is 0.545 e. The zero-order chi connectivity index (χ0) is 15.3. The fraction of sp³-hybridized carbons (Fsp3) is 0.176. The number of carboxylic acids is 1. The first-order valence-corrected chi connectivity index (χ1v) is 7.91. The van der Waals surface area contributed by atoms with Crippen LogP contribution in [0.2, 0.25) is 0 Å². The molecule has 0 amide bonds. The Bertz CT molecular complexity index is 919. The van der Waals surface area contributed by atoms with Gasteiger partial charge < -0.3 is 15.2 Å². The van der Waals surface area contributed by atoms with Crippen LogP contribution in [0.25, 0.3) is 21.5 Å². The Kier molecular flexibility index (Phi) is 3.04. The molecule has 1 aromatic heterocycles. The number of carboxylic acid groups (broad SMARTS) is 1. The summed E-state index contributed by atoms with van der Waals surface area (Å²) in [6.45, 7) is 0. The number of fused-ring (bicyclic) bond motifs is 3. The van der Waals surface area contributed by atoms with Gasteiger partial charge in [-0.2, -0.15) is 0 Å². The lowest BCUT2D eigenvalue weighted by molar-refractivity contribution is -0.255. The normalized spacial score (nSPS) is 14.4. The second-order valence-electron chi connectivity index (χ2n) is 5.58. The molecule has 0 saturated heterocycles. The summed E-state index contributed by atoms with van der Waals surface area (Å²) in [6.07, 6.45) is 4.12. The number of carbonyl (C=O) groups excluding carboxylic acids is 1. The minimum atomic E-state index is -1.17. The van der Waals surface area contributed by atoms with Crippen LogP contribution in [-0.4, -0.2) is 17.0 Å². The van der Waals surface area contributed by atoms with Gasteiger partial charge in [-0.15, -0.1) is 0 Å². The molecule has 5 heteroatoms. The maximum absolute atomic E-state index is 11.1. The predicted molar refractivity (Wildman–Crippen MR) is 87.9 cm³/mol. The van der Waals surface area contributed by atoms with Gasteiger partial charge in [0.2, 0.25) is 0 Å². The van der Waals surface area contributed by atoms with E-state index in [1.807, 2.05) is 18.2 Å². The first-order valence-electron chi connectivity index (χ1n) is 7.12. The fourth-order valence-electron chi connectivity index (χ4n) is 2.71. The molecule has 0 atom stereocenters. The SMILES string of the molecule is O=C([O-])c1ccc2c(c1)cc(Br)c1ccnc(NC3CC3)c12. The van der Waals surface area contributed by atoms with E-state index in [4.69, 9.17) is 0 Å². The molecule has 1 N–H and O–H groups in total. The minimum absolute atomic E-state index is 0.180. The topological polar surface area (TPSA) is 65.0 Å². The van der Waals surface area contributed by atoms with Crippen LogP contribution in [0.1, 0.15) is 23.2 Å². The molecule has 0 aliphatic heterocycles. The van der Waals surface area contributed by atoms with E-state index in [1.54, 1.807) is 18.3 Å². The van der Waals surface area contributed by atoms with Crippen molar-refractivity contribution < 1.29 is 9.90 Å². The molecule has 0 unspecified atom stereocenters. The highest BCUT2D eigenvalue weighted by molar-refractivity contribution is 9.10. The maximum Gasteiger partial charge on any atom is 0.134 e. The molecule has 110 valence electrons. The Morgan fingerprint density at radius 1 is 1.23 bits per heavy atom. The summed E-state index contributed by atoms with van der Waals surface area (Å²) in [6, 6.07) is 9.44. The number of rotatable bonds is 3. The van der Waals surface area contributed by atoms with Crippen molar-refractivity contribution in [2.45, 2.75) is 18.9 Å². The highest BCUT2D eigenvalue weighted by Gasteiger charge is 2.22. The predicted octanol–water partition coefficient (Wildman–Crippen LogP) is 3.09. The Balaban J connectivity index is 2.05. The Morgan fingerprint density at radius 2 is 2.05 bits per heavy atom. The summed E-state index contributed by atoms with van der Waals surface area (Å²) in [5.74, 6) is -0.312. The van der Waals surface area contributed by atoms with Crippen LogP contribution >= 0.6 is 15.9 Å². The van der Waals surface area contributed by atoms with Crippen LogP contribution in [0.5, 0.6) is 0 Å². The molecule has 1 aliphatic carbocycles. The van der Waals surface area contributed by atoms with Crippen molar-refractivity contribution in [1.82, 2.24) is 4.98 Å². The number of nitrogens with zero attached hydrogens (tertiary/aromatic N) is 1. The third kappa shape index (κ3) is 2.22. The van der Waals surface area contributed by atoms with E-state index in [0.29, 0.717) is 6.04 Å². The van der Waals surface area contributed by atoms with E-state index in [9.17, 15) is 9.90 Å². The van der Waals surface area contributed by atoms with Gasteiger partial charge in [0.25, 0.3) is 0 Å². The van der Waals surface area contributed by atoms with Crippen molar-refractivity contribution in [3.05, 3.63) is 46.6 Å². The number of aromatic carboxylic acids is 1. The molecule has 4 nitrogen and oxygen atoms in total. The number of hydrogen-bond donors (Lipinski definition) is 1. The number of carbonyl (C=O) groups is 1. The van der Waals surface area contributed by atoms with E-state index in [0.717, 1.165) is 31.8 Å². The van der Waals surface area contributed by atoms with Crippen LogP contribution in [-0.2, 0) is 0 Å². The van der Waals surface area contributed by atoms with Gasteiger partial charge in [0.1, 0.15) is 5.82 Å².